The summed E-state index contributed by atoms with van der Waals surface area (Å²) in [6, 6.07) is 9.02. The predicted octanol–water partition coefficient (Wildman–Crippen LogP) is 5.05. The van der Waals surface area contributed by atoms with Crippen molar-refractivity contribution >= 4 is 23.5 Å². The molecule has 5 rings (SSSR count). The van der Waals surface area contributed by atoms with Crippen LogP contribution in [0.25, 0.3) is 0 Å². The van der Waals surface area contributed by atoms with Crippen LogP contribution < -0.4 is 15.5 Å². The fourth-order valence-electron chi connectivity index (χ4n) is 6.05. The molecule has 3 aliphatic rings. The minimum Gasteiger partial charge on any atom is -0.356 e. The number of carbonyl (C=O) groups excluding carboxylic acids is 1. The lowest BCUT2D eigenvalue weighted by molar-refractivity contribution is 0.0997. The molecule has 8 heteroatoms. The van der Waals surface area contributed by atoms with Gasteiger partial charge in [-0.2, -0.15) is 4.98 Å². The zero-order valence-corrected chi connectivity index (χ0v) is 22.6. The Labute approximate surface area is 221 Å². The van der Waals surface area contributed by atoms with Gasteiger partial charge in [0.15, 0.2) is 0 Å². The van der Waals surface area contributed by atoms with Crippen LogP contribution in [0.15, 0.2) is 30.5 Å². The summed E-state index contributed by atoms with van der Waals surface area (Å²) in [7, 11) is 0. The molecule has 0 saturated carbocycles. The van der Waals surface area contributed by atoms with E-state index in [0.717, 1.165) is 81.5 Å². The van der Waals surface area contributed by atoms with E-state index in [-0.39, 0.29) is 6.03 Å². The maximum absolute atomic E-state index is 12.9. The Bertz CT molecular complexity index is 1040. The average Bonchev–Trinajstić information content (AvgIpc) is 3.22. The summed E-state index contributed by atoms with van der Waals surface area (Å²) in [4.78, 5) is 29.3. The number of hydrogen-bond acceptors (Lipinski definition) is 6. The van der Waals surface area contributed by atoms with Gasteiger partial charge in [0.25, 0.3) is 0 Å². The number of nitrogens with zero attached hydrogens (tertiary/aromatic N) is 5. The van der Waals surface area contributed by atoms with Crippen molar-refractivity contribution in [1.29, 1.82) is 0 Å². The summed E-state index contributed by atoms with van der Waals surface area (Å²) in [6.45, 7) is 10.1. The van der Waals surface area contributed by atoms with E-state index in [1.165, 1.54) is 37.7 Å². The van der Waals surface area contributed by atoms with E-state index in [1.807, 2.05) is 29.3 Å². The second-order valence-electron chi connectivity index (χ2n) is 11.0. The minimum absolute atomic E-state index is 0.0202. The molecule has 2 amide bonds. The molecule has 1 aromatic heterocycles. The molecule has 0 aliphatic carbocycles. The molecule has 1 aromatic carbocycles. The molecular formula is C29H43N7O. The smallest absolute Gasteiger partial charge is 0.321 e. The number of benzene rings is 1. The normalized spacial score (nSPS) is 21.9. The van der Waals surface area contributed by atoms with Crippen molar-refractivity contribution in [2.75, 3.05) is 54.8 Å². The Morgan fingerprint density at radius 1 is 0.919 bits per heavy atom. The van der Waals surface area contributed by atoms with Gasteiger partial charge in [-0.25, -0.2) is 9.78 Å². The van der Waals surface area contributed by atoms with E-state index < -0.39 is 0 Å². The molecule has 0 bridgehead atoms. The van der Waals surface area contributed by atoms with Crippen LogP contribution >= 0.6 is 0 Å². The van der Waals surface area contributed by atoms with E-state index in [2.05, 4.69) is 45.3 Å². The zero-order chi connectivity index (χ0) is 25.6. The van der Waals surface area contributed by atoms with Crippen LogP contribution in [0.3, 0.4) is 0 Å². The zero-order valence-electron chi connectivity index (χ0n) is 22.6. The number of anilines is 3. The number of rotatable bonds is 5. The largest absolute Gasteiger partial charge is 0.356 e. The van der Waals surface area contributed by atoms with Crippen molar-refractivity contribution in [3.63, 3.8) is 0 Å². The molecule has 2 aromatic rings. The van der Waals surface area contributed by atoms with Gasteiger partial charge in [-0.1, -0.05) is 25.0 Å². The number of hydrogen-bond donors (Lipinski definition) is 2. The number of aromatic nitrogens is 2. The van der Waals surface area contributed by atoms with Crippen LogP contribution in [0.4, 0.5) is 22.2 Å². The first-order chi connectivity index (χ1) is 18.1. The topological polar surface area (TPSA) is 76.6 Å². The van der Waals surface area contributed by atoms with Crippen molar-refractivity contribution in [1.82, 2.24) is 19.8 Å². The van der Waals surface area contributed by atoms with Crippen LogP contribution in [0, 0.1) is 13.8 Å². The van der Waals surface area contributed by atoms with Crippen molar-refractivity contribution in [2.24, 2.45) is 0 Å². The SMILES string of the molecule is Cc1cccc(NC(=O)N2CCC(N3CCCC(Nc4nccc(N5CCCCCC5)n4)C3)CC2)c1C. The number of piperidine rings is 2. The highest BCUT2D eigenvalue weighted by atomic mass is 16.2. The van der Waals surface area contributed by atoms with Crippen molar-refractivity contribution in [3.8, 4) is 0 Å². The molecule has 2 N–H and O–H groups in total. The van der Waals surface area contributed by atoms with E-state index in [1.54, 1.807) is 0 Å². The van der Waals surface area contributed by atoms with Gasteiger partial charge in [0.05, 0.1) is 0 Å². The third-order valence-electron chi connectivity index (χ3n) is 8.47. The van der Waals surface area contributed by atoms with Gasteiger partial charge in [-0.3, -0.25) is 4.90 Å². The first-order valence-corrected chi connectivity index (χ1v) is 14.3. The lowest BCUT2D eigenvalue weighted by Gasteiger charge is -2.42. The Morgan fingerprint density at radius 3 is 2.49 bits per heavy atom. The third kappa shape index (κ3) is 6.53. The molecule has 1 atom stereocenters. The third-order valence-corrected chi connectivity index (χ3v) is 8.47. The summed E-state index contributed by atoms with van der Waals surface area (Å²) in [5.74, 6) is 1.81. The molecule has 37 heavy (non-hydrogen) atoms. The Kier molecular flexibility index (Phi) is 8.44. The Morgan fingerprint density at radius 2 is 1.70 bits per heavy atom. The highest BCUT2D eigenvalue weighted by molar-refractivity contribution is 5.90. The summed E-state index contributed by atoms with van der Waals surface area (Å²) >= 11 is 0. The first-order valence-electron chi connectivity index (χ1n) is 14.3. The maximum atomic E-state index is 12.9. The predicted molar refractivity (Wildman–Crippen MR) is 150 cm³/mol. The number of likely N-dealkylation sites (tertiary alicyclic amines) is 2. The number of carbonyl (C=O) groups is 1. The quantitative estimate of drug-likeness (QED) is 0.593. The lowest BCUT2D eigenvalue weighted by atomic mass is 9.98. The van der Waals surface area contributed by atoms with Crippen LogP contribution in [-0.4, -0.2) is 77.2 Å². The van der Waals surface area contributed by atoms with Crippen molar-refractivity contribution < 1.29 is 4.79 Å². The van der Waals surface area contributed by atoms with E-state index in [0.29, 0.717) is 12.1 Å². The minimum atomic E-state index is 0.0202. The van der Waals surface area contributed by atoms with Crippen molar-refractivity contribution in [2.45, 2.75) is 77.3 Å². The molecule has 0 radical (unpaired) electrons. The van der Waals surface area contributed by atoms with Gasteiger partial charge in [-0.15, -0.1) is 0 Å². The van der Waals surface area contributed by atoms with E-state index in [4.69, 9.17) is 4.98 Å². The van der Waals surface area contributed by atoms with Gasteiger partial charge in [0.2, 0.25) is 5.95 Å². The number of amides is 2. The molecule has 1 unspecified atom stereocenters. The molecule has 3 saturated heterocycles. The van der Waals surface area contributed by atoms with Crippen LogP contribution in [-0.2, 0) is 0 Å². The fourth-order valence-corrected chi connectivity index (χ4v) is 6.05. The molecule has 200 valence electrons. The van der Waals surface area contributed by atoms with Gasteiger partial charge in [0, 0.05) is 56.7 Å². The summed E-state index contributed by atoms with van der Waals surface area (Å²) < 4.78 is 0. The number of aryl methyl sites for hydroxylation is 1. The van der Waals surface area contributed by atoms with Gasteiger partial charge < -0.3 is 20.4 Å². The average molecular weight is 506 g/mol. The Hall–Kier alpha value is -2.87. The second-order valence-corrected chi connectivity index (χ2v) is 11.0. The highest BCUT2D eigenvalue weighted by Gasteiger charge is 2.30. The summed E-state index contributed by atoms with van der Waals surface area (Å²) in [6.07, 6.45) is 11.4. The Balaban J connectivity index is 1.12. The van der Waals surface area contributed by atoms with Crippen LogP contribution in [0.5, 0.6) is 0 Å². The van der Waals surface area contributed by atoms with E-state index >= 15 is 0 Å². The molecule has 8 nitrogen and oxygen atoms in total. The van der Waals surface area contributed by atoms with E-state index in [9.17, 15) is 4.79 Å². The summed E-state index contributed by atoms with van der Waals surface area (Å²) in [5, 5.41) is 6.77. The lowest BCUT2D eigenvalue weighted by Crippen LogP contribution is -2.52. The van der Waals surface area contributed by atoms with Gasteiger partial charge in [0.1, 0.15) is 5.82 Å². The first kappa shape index (κ1) is 25.8. The number of urea groups is 1. The van der Waals surface area contributed by atoms with Crippen LogP contribution in [0.2, 0.25) is 0 Å². The fraction of sp³-hybridized carbons (Fsp3) is 0.621. The number of nitrogens with one attached hydrogen (secondary N) is 2. The van der Waals surface area contributed by atoms with Crippen molar-refractivity contribution in [3.05, 3.63) is 41.6 Å². The van der Waals surface area contributed by atoms with Crippen LogP contribution in [0.1, 0.15) is 62.5 Å². The summed E-state index contributed by atoms with van der Waals surface area (Å²) in [5.41, 5.74) is 3.25. The van der Waals surface area contributed by atoms with Gasteiger partial charge in [-0.05, 0) is 82.2 Å². The monoisotopic (exact) mass is 505 g/mol. The highest BCUT2D eigenvalue weighted by Crippen LogP contribution is 2.25. The second kappa shape index (κ2) is 12.1. The molecule has 3 fully saturated rings. The van der Waals surface area contributed by atoms with Gasteiger partial charge >= 0.3 is 6.03 Å². The molecule has 3 aliphatic heterocycles. The molecule has 0 spiro atoms. The molecular weight excluding hydrogens is 462 g/mol. The molecule has 4 heterocycles. The standard InChI is InChI=1S/C29H43N7O/c1-22-9-7-11-26(23(22)2)32-29(37)35-19-13-25(14-20-35)36-18-8-10-24(21-36)31-28-30-15-12-27(33-28)34-16-5-3-4-6-17-34/h7,9,11-12,15,24-25H,3-6,8,10,13-14,16-21H2,1-2H3,(H,32,37)(H,30,31,33). The maximum Gasteiger partial charge on any atom is 0.321 e.